The van der Waals surface area contributed by atoms with Gasteiger partial charge in [0.2, 0.25) is 0 Å². The van der Waals surface area contributed by atoms with Crippen molar-refractivity contribution in [2.45, 2.75) is 85.5 Å². The molecule has 0 aliphatic rings. The second kappa shape index (κ2) is 5.18. The van der Waals surface area contributed by atoms with Crippen LogP contribution in [0, 0.1) is 0 Å². The van der Waals surface area contributed by atoms with Gasteiger partial charge in [0.05, 0.1) is 16.6 Å². The molecule has 0 saturated heterocycles. The summed E-state index contributed by atoms with van der Waals surface area (Å²) in [7, 11) is 0. The highest BCUT2D eigenvalue weighted by molar-refractivity contribution is 5.14. The lowest BCUT2D eigenvalue weighted by atomic mass is 9.81. The first-order valence-electron chi connectivity index (χ1n) is 7.75. The highest BCUT2D eigenvalue weighted by atomic mass is 15.5. The fraction of sp³-hybridized carbons (Fsp3) is 0.684. The molecule has 0 atom stereocenters. The van der Waals surface area contributed by atoms with E-state index in [2.05, 4.69) is 92.6 Å². The summed E-state index contributed by atoms with van der Waals surface area (Å²) in [6, 6.07) is 10.9. The average Bonchev–Trinajstić information content (AvgIpc) is 2.22. The molecule has 0 heterocycles. The van der Waals surface area contributed by atoms with Crippen molar-refractivity contribution in [1.82, 2.24) is 0 Å². The van der Waals surface area contributed by atoms with E-state index in [1.165, 1.54) is 5.56 Å². The Morgan fingerprint density at radius 2 is 1.00 bits per heavy atom. The van der Waals surface area contributed by atoms with E-state index in [9.17, 15) is 0 Å². The molecule has 0 N–H and O–H groups in total. The first-order chi connectivity index (χ1) is 8.83. The van der Waals surface area contributed by atoms with E-state index in [-0.39, 0.29) is 16.6 Å². The Balaban J connectivity index is 3.48. The highest BCUT2D eigenvalue weighted by Crippen LogP contribution is 2.45. The molecule has 0 aromatic heterocycles. The number of benzene rings is 1. The number of hydrogen-bond acceptors (Lipinski definition) is 0. The minimum absolute atomic E-state index is 0.173. The van der Waals surface area contributed by atoms with Gasteiger partial charge in [-0.25, -0.2) is 0 Å². The van der Waals surface area contributed by atoms with Gasteiger partial charge in [0.15, 0.2) is 0 Å². The van der Waals surface area contributed by atoms with Crippen molar-refractivity contribution in [3.63, 3.8) is 0 Å². The molecule has 0 radical (unpaired) electrons. The van der Waals surface area contributed by atoms with Crippen molar-refractivity contribution >= 4 is 0 Å². The molecule has 1 aromatic carbocycles. The van der Waals surface area contributed by atoms with Gasteiger partial charge in [0.25, 0.3) is 0 Å². The van der Waals surface area contributed by atoms with Crippen molar-refractivity contribution in [2.24, 2.45) is 0 Å². The molecule has 20 heavy (non-hydrogen) atoms. The summed E-state index contributed by atoms with van der Waals surface area (Å²) in [4.78, 5) is 0. The van der Waals surface area contributed by atoms with E-state index in [4.69, 9.17) is 0 Å². The van der Waals surface area contributed by atoms with Gasteiger partial charge in [-0.2, -0.15) is 0 Å². The van der Waals surface area contributed by atoms with Crippen LogP contribution in [0.25, 0.3) is 0 Å². The zero-order valence-corrected chi connectivity index (χ0v) is 15.0. The fourth-order valence-electron chi connectivity index (χ4n) is 4.59. The van der Waals surface area contributed by atoms with E-state index < -0.39 is 0 Å². The Labute approximate surface area is 126 Å². The first kappa shape index (κ1) is 17.2. The minimum Gasteiger partial charge on any atom is -0.307 e. The maximum Gasteiger partial charge on any atom is 0.106 e. The number of quaternary nitrogens is 1. The third-order valence-corrected chi connectivity index (χ3v) is 4.70. The van der Waals surface area contributed by atoms with Crippen LogP contribution < -0.4 is 0 Å². The summed E-state index contributed by atoms with van der Waals surface area (Å²) >= 11 is 0. The lowest BCUT2D eigenvalue weighted by Crippen LogP contribution is -2.75. The molecule has 1 nitrogen and oxygen atoms in total. The van der Waals surface area contributed by atoms with Crippen LogP contribution in [0.3, 0.4) is 0 Å². The zero-order chi connectivity index (χ0) is 15.8. The molecule has 114 valence electrons. The normalized spacial score (nSPS) is 14.4. The Bertz CT molecular complexity index is 388. The predicted octanol–water partition coefficient (Wildman–Crippen LogP) is 5.40. The van der Waals surface area contributed by atoms with Crippen LogP contribution in [0.4, 0.5) is 0 Å². The quantitative estimate of drug-likeness (QED) is 0.635. The van der Waals surface area contributed by atoms with Crippen molar-refractivity contribution < 1.29 is 4.48 Å². The molecule has 0 aliphatic heterocycles. The van der Waals surface area contributed by atoms with Crippen LogP contribution in [0.15, 0.2) is 30.3 Å². The number of rotatable bonds is 2. The van der Waals surface area contributed by atoms with Gasteiger partial charge in [-0.1, -0.05) is 30.3 Å². The van der Waals surface area contributed by atoms with E-state index >= 15 is 0 Å². The minimum atomic E-state index is 0.173. The molecular weight excluding hydrogens is 242 g/mol. The summed E-state index contributed by atoms with van der Waals surface area (Å²) < 4.78 is 1.05. The Kier molecular flexibility index (Phi) is 4.46. The summed E-state index contributed by atoms with van der Waals surface area (Å²) in [5.74, 6) is 0. The molecule has 0 amide bonds. The van der Waals surface area contributed by atoms with Gasteiger partial charge < -0.3 is 4.48 Å². The zero-order valence-electron chi connectivity index (χ0n) is 15.0. The third-order valence-electron chi connectivity index (χ3n) is 4.70. The van der Waals surface area contributed by atoms with Gasteiger partial charge >= 0.3 is 0 Å². The molecule has 1 rings (SSSR count). The second-order valence-electron chi connectivity index (χ2n) is 8.97. The largest absolute Gasteiger partial charge is 0.307 e. The fourth-order valence-corrected chi connectivity index (χ4v) is 4.59. The molecule has 0 aliphatic carbocycles. The molecule has 0 unspecified atom stereocenters. The summed E-state index contributed by atoms with van der Waals surface area (Å²) in [6.07, 6.45) is 0. The monoisotopic (exact) mass is 276 g/mol. The first-order valence-corrected chi connectivity index (χ1v) is 7.75. The van der Waals surface area contributed by atoms with Crippen LogP contribution in [-0.4, -0.2) is 21.1 Å². The Morgan fingerprint density at radius 3 is 1.30 bits per heavy atom. The molecule has 0 bridgehead atoms. The van der Waals surface area contributed by atoms with Crippen molar-refractivity contribution in [3.8, 4) is 0 Å². The van der Waals surface area contributed by atoms with E-state index in [1.54, 1.807) is 0 Å². The molecule has 1 heteroatoms. The Hall–Kier alpha value is -0.820. The van der Waals surface area contributed by atoms with E-state index in [0.29, 0.717) is 0 Å². The van der Waals surface area contributed by atoms with Crippen molar-refractivity contribution in [3.05, 3.63) is 35.9 Å². The topological polar surface area (TPSA) is 0 Å². The molecule has 0 saturated carbocycles. The summed E-state index contributed by atoms with van der Waals surface area (Å²) in [5.41, 5.74) is 1.94. The molecular formula is C19H34N+. The average molecular weight is 276 g/mol. The van der Waals surface area contributed by atoms with Crippen LogP contribution in [-0.2, 0) is 6.54 Å². The maximum absolute atomic E-state index is 2.38. The molecule has 0 fully saturated rings. The summed E-state index contributed by atoms with van der Waals surface area (Å²) in [5, 5.41) is 0. The van der Waals surface area contributed by atoms with Crippen LogP contribution in [0.2, 0.25) is 0 Å². The number of hydrogen-bond donors (Lipinski definition) is 0. The van der Waals surface area contributed by atoms with Crippen molar-refractivity contribution in [2.75, 3.05) is 0 Å². The third kappa shape index (κ3) is 2.93. The van der Waals surface area contributed by atoms with Crippen LogP contribution in [0.1, 0.15) is 67.9 Å². The van der Waals surface area contributed by atoms with Crippen molar-refractivity contribution in [1.29, 1.82) is 0 Å². The SMILES string of the molecule is CC(C)(C)[N+](Cc1ccccc1)(C(C)(C)C)C(C)(C)C. The standard InChI is InChI=1S/C19H34N/c1-17(2,3)20(18(4,5)6,19(7,8)9)15-16-13-11-10-12-14-16/h10-14H,15H2,1-9H3/q+1. The van der Waals surface area contributed by atoms with Gasteiger partial charge in [-0.15, -0.1) is 0 Å². The number of nitrogens with zero attached hydrogens (tertiary/aromatic N) is 1. The van der Waals surface area contributed by atoms with Crippen LogP contribution in [0.5, 0.6) is 0 Å². The highest BCUT2D eigenvalue weighted by Gasteiger charge is 2.56. The maximum atomic E-state index is 2.38. The lowest BCUT2D eigenvalue weighted by molar-refractivity contribution is -1.06. The summed E-state index contributed by atoms with van der Waals surface area (Å²) in [6.45, 7) is 22.5. The van der Waals surface area contributed by atoms with Gasteiger partial charge in [-0.3, -0.25) is 0 Å². The second-order valence-corrected chi connectivity index (χ2v) is 8.97. The van der Waals surface area contributed by atoms with Gasteiger partial charge in [-0.05, 0) is 62.3 Å². The van der Waals surface area contributed by atoms with Gasteiger partial charge in [0.1, 0.15) is 6.54 Å². The predicted molar refractivity (Wildman–Crippen MR) is 89.7 cm³/mol. The van der Waals surface area contributed by atoms with Crippen LogP contribution >= 0.6 is 0 Å². The van der Waals surface area contributed by atoms with E-state index in [0.717, 1.165) is 11.0 Å². The Morgan fingerprint density at radius 1 is 0.650 bits per heavy atom. The molecule has 0 spiro atoms. The smallest absolute Gasteiger partial charge is 0.106 e. The molecule has 1 aromatic rings. The lowest BCUT2D eigenvalue weighted by Gasteiger charge is -2.64. The van der Waals surface area contributed by atoms with E-state index in [1.807, 2.05) is 0 Å². The van der Waals surface area contributed by atoms with Gasteiger partial charge in [0, 0.05) is 5.56 Å².